The molecule has 0 atom stereocenters. The van der Waals surface area contributed by atoms with E-state index in [1.807, 2.05) is 0 Å². The summed E-state index contributed by atoms with van der Waals surface area (Å²) in [7, 11) is 0. The van der Waals surface area contributed by atoms with Crippen molar-refractivity contribution in [1.82, 2.24) is 9.97 Å². The Kier molecular flexibility index (Phi) is 4.58. The maximum absolute atomic E-state index is 10.9. The van der Waals surface area contributed by atoms with Crippen LogP contribution in [-0.2, 0) is 9.53 Å². The van der Waals surface area contributed by atoms with Crippen molar-refractivity contribution in [3.63, 3.8) is 0 Å². The zero-order valence-electron chi connectivity index (χ0n) is 7.87. The van der Waals surface area contributed by atoms with E-state index in [1.54, 1.807) is 6.92 Å². The lowest BCUT2D eigenvalue weighted by Crippen LogP contribution is -2.15. The molecule has 0 spiro atoms. The third-order valence-corrected chi connectivity index (χ3v) is 1.65. The number of esters is 1. The van der Waals surface area contributed by atoms with E-state index in [0.717, 1.165) is 0 Å². The molecule has 0 aliphatic heterocycles. The summed E-state index contributed by atoms with van der Waals surface area (Å²) in [5.41, 5.74) is 0. The summed E-state index contributed by atoms with van der Waals surface area (Å²) in [5, 5.41) is 0.107. The van der Waals surface area contributed by atoms with Crippen LogP contribution in [0.2, 0.25) is 10.4 Å². The zero-order chi connectivity index (χ0) is 11.3. The lowest BCUT2D eigenvalue weighted by Gasteiger charge is -2.04. The Labute approximate surface area is 96.3 Å². The molecule has 0 fully saturated rings. The lowest BCUT2D eigenvalue weighted by atomic mass is 10.6. The van der Waals surface area contributed by atoms with Crippen molar-refractivity contribution in [3.8, 4) is 5.88 Å². The minimum absolute atomic E-state index is 0.0404. The standard InChI is InChI=1S/C8H8Cl2N2O3/c1-2-14-7(13)4-15-6-3-5(9)11-8(10)12-6/h3H,2,4H2,1H3. The molecule has 0 unspecified atom stereocenters. The van der Waals surface area contributed by atoms with Gasteiger partial charge in [0.25, 0.3) is 0 Å². The number of aromatic nitrogens is 2. The first-order valence-corrected chi connectivity index (χ1v) is 4.86. The Morgan fingerprint density at radius 3 is 2.80 bits per heavy atom. The Bertz CT molecular complexity index is 339. The van der Waals surface area contributed by atoms with Gasteiger partial charge >= 0.3 is 5.97 Å². The molecule has 0 aliphatic rings. The number of carbonyl (C=O) groups is 1. The van der Waals surface area contributed by atoms with E-state index in [1.165, 1.54) is 6.07 Å². The van der Waals surface area contributed by atoms with Gasteiger partial charge in [0.05, 0.1) is 6.61 Å². The molecule has 1 aromatic heterocycles. The smallest absolute Gasteiger partial charge is 0.344 e. The van der Waals surface area contributed by atoms with Crippen molar-refractivity contribution in [3.05, 3.63) is 16.5 Å². The van der Waals surface area contributed by atoms with Crippen molar-refractivity contribution in [1.29, 1.82) is 0 Å². The fraction of sp³-hybridized carbons (Fsp3) is 0.375. The summed E-state index contributed by atoms with van der Waals surface area (Å²) in [6.07, 6.45) is 0. The van der Waals surface area contributed by atoms with Gasteiger partial charge in [0.1, 0.15) is 5.15 Å². The molecule has 0 radical (unpaired) electrons. The van der Waals surface area contributed by atoms with Gasteiger partial charge in [0.2, 0.25) is 11.2 Å². The molecule has 1 aromatic rings. The number of rotatable bonds is 4. The fourth-order valence-corrected chi connectivity index (χ4v) is 1.17. The van der Waals surface area contributed by atoms with E-state index in [0.29, 0.717) is 6.61 Å². The van der Waals surface area contributed by atoms with Crippen LogP contribution in [0.4, 0.5) is 0 Å². The predicted molar refractivity (Wildman–Crippen MR) is 54.2 cm³/mol. The first kappa shape index (κ1) is 12.0. The number of hydrogen-bond donors (Lipinski definition) is 0. The van der Waals surface area contributed by atoms with E-state index >= 15 is 0 Å². The molecule has 0 aromatic carbocycles. The van der Waals surface area contributed by atoms with E-state index in [9.17, 15) is 4.79 Å². The number of hydrogen-bond acceptors (Lipinski definition) is 5. The van der Waals surface area contributed by atoms with Crippen LogP contribution in [-0.4, -0.2) is 29.2 Å². The molecule has 0 aliphatic carbocycles. The van der Waals surface area contributed by atoms with Crippen molar-refractivity contribution in [2.24, 2.45) is 0 Å². The van der Waals surface area contributed by atoms with Gasteiger partial charge in [-0.2, -0.15) is 4.98 Å². The first-order valence-electron chi connectivity index (χ1n) is 4.10. The molecular weight excluding hydrogens is 243 g/mol. The number of ether oxygens (including phenoxy) is 2. The number of nitrogens with zero attached hydrogens (tertiary/aromatic N) is 2. The summed E-state index contributed by atoms with van der Waals surface area (Å²) >= 11 is 11.1. The van der Waals surface area contributed by atoms with Crippen LogP contribution in [0, 0.1) is 0 Å². The Morgan fingerprint density at radius 2 is 2.20 bits per heavy atom. The normalized spacial score (nSPS) is 9.80. The van der Waals surface area contributed by atoms with E-state index in [2.05, 4.69) is 14.7 Å². The van der Waals surface area contributed by atoms with Crippen LogP contribution in [0.5, 0.6) is 5.88 Å². The van der Waals surface area contributed by atoms with Crippen LogP contribution in [0.3, 0.4) is 0 Å². The molecule has 0 saturated carbocycles. The third-order valence-electron chi connectivity index (χ3n) is 1.29. The van der Waals surface area contributed by atoms with Crippen LogP contribution < -0.4 is 4.74 Å². The van der Waals surface area contributed by atoms with Gasteiger partial charge in [0.15, 0.2) is 6.61 Å². The number of carbonyl (C=O) groups excluding carboxylic acids is 1. The monoisotopic (exact) mass is 250 g/mol. The minimum Gasteiger partial charge on any atom is -0.466 e. The molecule has 0 saturated heterocycles. The van der Waals surface area contributed by atoms with Crippen molar-refractivity contribution in [2.45, 2.75) is 6.92 Å². The highest BCUT2D eigenvalue weighted by Crippen LogP contribution is 2.15. The minimum atomic E-state index is -0.483. The van der Waals surface area contributed by atoms with Crippen molar-refractivity contribution < 1.29 is 14.3 Å². The molecule has 0 bridgehead atoms. The molecule has 15 heavy (non-hydrogen) atoms. The maximum atomic E-state index is 10.9. The summed E-state index contributed by atoms with van der Waals surface area (Å²) in [6, 6.07) is 1.35. The Morgan fingerprint density at radius 1 is 1.47 bits per heavy atom. The molecule has 5 nitrogen and oxygen atoms in total. The van der Waals surface area contributed by atoms with Gasteiger partial charge < -0.3 is 9.47 Å². The predicted octanol–water partition coefficient (Wildman–Crippen LogP) is 1.73. The second kappa shape index (κ2) is 5.72. The van der Waals surface area contributed by atoms with Gasteiger partial charge in [0, 0.05) is 6.07 Å². The second-order valence-electron chi connectivity index (χ2n) is 2.39. The van der Waals surface area contributed by atoms with E-state index in [-0.39, 0.29) is 22.9 Å². The highest BCUT2D eigenvalue weighted by molar-refractivity contribution is 6.31. The zero-order valence-corrected chi connectivity index (χ0v) is 9.38. The quantitative estimate of drug-likeness (QED) is 0.463. The van der Waals surface area contributed by atoms with Crippen molar-refractivity contribution in [2.75, 3.05) is 13.2 Å². The fourth-order valence-electron chi connectivity index (χ4n) is 0.780. The van der Waals surface area contributed by atoms with Crippen LogP contribution in [0.1, 0.15) is 6.92 Å². The average Bonchev–Trinajstić information content (AvgIpc) is 2.14. The van der Waals surface area contributed by atoms with Gasteiger partial charge in [-0.25, -0.2) is 9.78 Å². The van der Waals surface area contributed by atoms with Gasteiger partial charge in [-0.15, -0.1) is 0 Å². The summed E-state index contributed by atoms with van der Waals surface area (Å²) in [5.74, 6) is -0.351. The summed E-state index contributed by atoms with van der Waals surface area (Å²) in [4.78, 5) is 18.3. The van der Waals surface area contributed by atoms with Crippen LogP contribution >= 0.6 is 23.2 Å². The summed E-state index contributed by atoms with van der Waals surface area (Å²) < 4.78 is 9.64. The van der Waals surface area contributed by atoms with E-state index < -0.39 is 5.97 Å². The van der Waals surface area contributed by atoms with Crippen molar-refractivity contribution >= 4 is 29.2 Å². The lowest BCUT2D eigenvalue weighted by molar-refractivity contribution is -0.145. The molecule has 0 amide bonds. The molecule has 1 rings (SSSR count). The molecule has 1 heterocycles. The van der Waals surface area contributed by atoms with E-state index in [4.69, 9.17) is 27.9 Å². The first-order chi connectivity index (χ1) is 7.11. The topological polar surface area (TPSA) is 61.3 Å². The summed E-state index contributed by atoms with van der Waals surface area (Å²) in [6.45, 7) is 1.77. The van der Waals surface area contributed by atoms with Crippen LogP contribution in [0.15, 0.2) is 6.07 Å². The molecule has 82 valence electrons. The Hall–Kier alpha value is -1.07. The Balaban J connectivity index is 2.54. The van der Waals surface area contributed by atoms with Gasteiger partial charge in [-0.3, -0.25) is 0 Å². The SMILES string of the molecule is CCOC(=O)COc1cc(Cl)nc(Cl)n1. The maximum Gasteiger partial charge on any atom is 0.344 e. The highest BCUT2D eigenvalue weighted by atomic mass is 35.5. The molecule has 0 N–H and O–H groups in total. The number of halogens is 2. The molecule has 7 heteroatoms. The average molecular weight is 251 g/mol. The third kappa shape index (κ3) is 4.31. The highest BCUT2D eigenvalue weighted by Gasteiger charge is 2.06. The van der Waals surface area contributed by atoms with Gasteiger partial charge in [-0.1, -0.05) is 11.6 Å². The molecular formula is C8H8Cl2N2O3. The largest absolute Gasteiger partial charge is 0.466 e. The van der Waals surface area contributed by atoms with Crippen LogP contribution in [0.25, 0.3) is 0 Å². The van der Waals surface area contributed by atoms with Gasteiger partial charge in [-0.05, 0) is 18.5 Å². The second-order valence-corrected chi connectivity index (χ2v) is 3.12.